The fraction of sp³-hybridized carbons (Fsp3) is 0.976. The van der Waals surface area contributed by atoms with Crippen molar-refractivity contribution in [1.29, 1.82) is 0 Å². The molecule has 57 heavy (non-hydrogen) atoms. The van der Waals surface area contributed by atoms with Crippen LogP contribution in [0.3, 0.4) is 0 Å². The number of hydrogen-bond acceptors (Lipinski definition) is 15. The zero-order valence-corrected chi connectivity index (χ0v) is 37.4. The highest BCUT2D eigenvalue weighted by Gasteiger charge is 2.53. The highest BCUT2D eigenvalue weighted by atomic mass is 16.7. The summed E-state index contributed by atoms with van der Waals surface area (Å²) in [5.74, 6) is -2.39. The van der Waals surface area contributed by atoms with Crippen molar-refractivity contribution < 1.29 is 58.4 Å². The molecule has 0 bridgehead atoms. The van der Waals surface area contributed by atoms with Gasteiger partial charge in [-0.3, -0.25) is 9.69 Å². The van der Waals surface area contributed by atoms with E-state index in [1.165, 1.54) is 14.0 Å². The molecule has 0 aromatic rings. The highest BCUT2D eigenvalue weighted by molar-refractivity contribution is 5.73. The molecule has 15 nitrogen and oxygen atoms in total. The summed E-state index contributed by atoms with van der Waals surface area (Å²) in [6, 6.07) is -0.628. The van der Waals surface area contributed by atoms with Crippen LogP contribution in [0.2, 0.25) is 0 Å². The number of carbonyl (C=O) groups is 1. The molecule has 0 aromatic heterocycles. The second-order valence-electron chi connectivity index (χ2n) is 18.8. The van der Waals surface area contributed by atoms with Gasteiger partial charge in [0, 0.05) is 51.2 Å². The van der Waals surface area contributed by atoms with Crippen molar-refractivity contribution in [3.63, 3.8) is 0 Å². The van der Waals surface area contributed by atoms with Gasteiger partial charge in [0.1, 0.15) is 23.9 Å². The van der Waals surface area contributed by atoms with E-state index in [4.69, 9.17) is 33.2 Å². The molecule has 15 heteroatoms. The van der Waals surface area contributed by atoms with Gasteiger partial charge in [-0.2, -0.15) is 0 Å². The summed E-state index contributed by atoms with van der Waals surface area (Å²) in [6.07, 6.45) is -6.10. The topological polar surface area (TPSA) is 172 Å². The molecule has 0 aromatic carbocycles. The minimum Gasteiger partial charge on any atom is -0.459 e. The van der Waals surface area contributed by atoms with Crippen molar-refractivity contribution in [2.75, 3.05) is 61.1 Å². The van der Waals surface area contributed by atoms with E-state index < -0.39 is 89.9 Å². The molecule has 334 valence electrons. The maximum absolute atomic E-state index is 14.4. The lowest BCUT2D eigenvalue weighted by molar-refractivity contribution is -0.313. The van der Waals surface area contributed by atoms with E-state index in [0.29, 0.717) is 26.2 Å². The molecular weight excluding hydrogens is 738 g/mol. The minimum atomic E-state index is -1.79. The second kappa shape index (κ2) is 19.8. The summed E-state index contributed by atoms with van der Waals surface area (Å²) in [7, 11) is 7.45. The van der Waals surface area contributed by atoms with E-state index in [9.17, 15) is 25.2 Å². The zero-order chi connectivity index (χ0) is 42.8. The number of likely N-dealkylation sites (N-methyl/N-ethyl adjacent to an activating group) is 2. The predicted molar refractivity (Wildman–Crippen MR) is 214 cm³/mol. The Kier molecular flexibility index (Phi) is 16.9. The summed E-state index contributed by atoms with van der Waals surface area (Å²) in [5.41, 5.74) is -4.28. The first-order valence-corrected chi connectivity index (χ1v) is 21.4. The van der Waals surface area contributed by atoms with E-state index in [1.807, 2.05) is 53.7 Å². The Balaban J connectivity index is 1.84. The normalized spacial score (nSPS) is 48.3. The Bertz CT molecular complexity index is 1270. The Morgan fingerprint density at radius 2 is 1.56 bits per heavy atom. The lowest BCUT2D eigenvalue weighted by Gasteiger charge is -2.51. The van der Waals surface area contributed by atoms with Crippen LogP contribution < -0.4 is 0 Å². The standard InChI is InChI=1S/C42H79N3O12/c1-15-31-42(10,50)35(46)28(6)44(13)23-24(2)21-40(8,49)37(57-39-33(43(11)12)30(20-25(3)53-39)45-16-18-52-19-17-45)26(4)34(27(5)38(48)55-31)56-32-22-41(9,51-14)36(47)29(7)54-32/h24-37,39,46-47,49-50H,15-23H2,1-14H3/t24-,25-,26+,27-,28-,29+,30-,31-,32+,33+,34+,35-,36+,37-,39+,40+,41-,42-/m1/s1. The SMILES string of the molecule is CC[C@H]1OC(=O)[C@H](C)[C@@H](O[C@H]2C[C@@](C)(OC)[C@@H](O)[C@H](C)O2)[C@H](C)[C@@H](O[C@@H]2O[C@H](C)C[C@@H](N3CCOCC3)[C@@H]2N(C)C)[C@@](C)(O)C[C@@H](C)CN(C)[C@H](C)[C@@H](O)[C@]1(C)O. The van der Waals surface area contributed by atoms with Gasteiger partial charge in [-0.1, -0.05) is 20.8 Å². The van der Waals surface area contributed by atoms with Gasteiger partial charge >= 0.3 is 5.97 Å². The lowest BCUT2D eigenvalue weighted by atomic mass is 9.77. The number of cyclic esters (lactones) is 1. The molecule has 0 saturated carbocycles. The molecule has 0 radical (unpaired) electrons. The number of methoxy groups -OCH3 is 1. The summed E-state index contributed by atoms with van der Waals surface area (Å²) < 4.78 is 44.6. The third-order valence-electron chi connectivity index (χ3n) is 13.7. The predicted octanol–water partition coefficient (Wildman–Crippen LogP) is 2.24. The number of rotatable bonds is 8. The average molecular weight is 818 g/mol. The Morgan fingerprint density at radius 3 is 2.14 bits per heavy atom. The van der Waals surface area contributed by atoms with Crippen LogP contribution in [0.1, 0.15) is 94.9 Å². The van der Waals surface area contributed by atoms with Crippen molar-refractivity contribution in [3.05, 3.63) is 0 Å². The van der Waals surface area contributed by atoms with Gasteiger partial charge in [0.2, 0.25) is 0 Å². The quantitative estimate of drug-likeness (QED) is 0.263. The minimum absolute atomic E-state index is 0.0932. The zero-order valence-electron chi connectivity index (χ0n) is 37.4. The second-order valence-corrected chi connectivity index (χ2v) is 18.8. The van der Waals surface area contributed by atoms with Crippen LogP contribution >= 0.6 is 0 Å². The first kappa shape index (κ1) is 48.6. The Hall–Kier alpha value is -1.05. The molecule has 0 amide bonds. The third-order valence-corrected chi connectivity index (χ3v) is 13.7. The number of esters is 1. The monoisotopic (exact) mass is 818 g/mol. The molecule has 4 rings (SSSR count). The number of hydrogen-bond donors (Lipinski definition) is 4. The van der Waals surface area contributed by atoms with E-state index in [1.54, 1.807) is 34.6 Å². The van der Waals surface area contributed by atoms with Crippen LogP contribution in [0.5, 0.6) is 0 Å². The molecule has 4 saturated heterocycles. The van der Waals surface area contributed by atoms with Gasteiger partial charge in [0.05, 0.1) is 60.8 Å². The summed E-state index contributed by atoms with van der Waals surface area (Å²) >= 11 is 0. The number of aliphatic hydroxyl groups excluding tert-OH is 2. The molecule has 4 N–H and O–H groups in total. The first-order valence-electron chi connectivity index (χ1n) is 21.4. The van der Waals surface area contributed by atoms with Crippen molar-refractivity contribution in [2.45, 2.75) is 185 Å². The molecule has 0 unspecified atom stereocenters. The van der Waals surface area contributed by atoms with Crippen LogP contribution in [0.25, 0.3) is 0 Å². The number of carbonyl (C=O) groups excluding carboxylic acids is 1. The van der Waals surface area contributed by atoms with Gasteiger partial charge in [0.25, 0.3) is 0 Å². The summed E-state index contributed by atoms with van der Waals surface area (Å²) in [4.78, 5) is 21.0. The van der Waals surface area contributed by atoms with Crippen molar-refractivity contribution in [3.8, 4) is 0 Å². The largest absolute Gasteiger partial charge is 0.459 e. The number of nitrogens with zero attached hydrogens (tertiary/aromatic N) is 3. The van der Waals surface area contributed by atoms with Gasteiger partial charge in [-0.15, -0.1) is 0 Å². The van der Waals surface area contributed by atoms with Crippen LogP contribution in [0, 0.1) is 17.8 Å². The highest BCUT2D eigenvalue weighted by Crippen LogP contribution is 2.40. The van der Waals surface area contributed by atoms with Crippen LogP contribution in [-0.2, 0) is 38.0 Å². The molecule has 0 aliphatic carbocycles. The smallest absolute Gasteiger partial charge is 0.311 e. The van der Waals surface area contributed by atoms with Crippen molar-refractivity contribution in [2.24, 2.45) is 17.8 Å². The number of morpholine rings is 1. The van der Waals surface area contributed by atoms with E-state index >= 15 is 0 Å². The first-order chi connectivity index (χ1) is 26.5. The molecule has 4 fully saturated rings. The van der Waals surface area contributed by atoms with Crippen LogP contribution in [-0.4, -0.2) is 192 Å². The van der Waals surface area contributed by atoms with Crippen LogP contribution in [0.15, 0.2) is 0 Å². The Morgan fingerprint density at radius 1 is 0.930 bits per heavy atom. The van der Waals surface area contributed by atoms with E-state index in [0.717, 1.165) is 19.5 Å². The van der Waals surface area contributed by atoms with Gasteiger partial charge in [0.15, 0.2) is 12.6 Å². The van der Waals surface area contributed by atoms with E-state index in [-0.39, 0.29) is 36.9 Å². The Labute approximate surface area is 342 Å². The molecular formula is C42H79N3O12. The van der Waals surface area contributed by atoms with Crippen LogP contribution in [0.4, 0.5) is 0 Å². The van der Waals surface area contributed by atoms with Crippen molar-refractivity contribution >= 4 is 5.97 Å². The van der Waals surface area contributed by atoms with Gasteiger partial charge in [-0.25, -0.2) is 0 Å². The molecule has 18 atom stereocenters. The van der Waals surface area contributed by atoms with Gasteiger partial charge < -0.3 is 63.4 Å². The third kappa shape index (κ3) is 11.1. The molecule has 4 aliphatic heterocycles. The summed E-state index contributed by atoms with van der Waals surface area (Å²) in [5, 5.41) is 47.3. The number of ether oxygens (including phenoxy) is 7. The fourth-order valence-electron chi connectivity index (χ4n) is 10.1. The molecule has 0 spiro atoms. The summed E-state index contributed by atoms with van der Waals surface area (Å²) in [6.45, 7) is 21.5. The van der Waals surface area contributed by atoms with Crippen molar-refractivity contribution in [1.82, 2.24) is 14.7 Å². The lowest BCUT2D eigenvalue weighted by Crippen LogP contribution is -2.64. The average Bonchev–Trinajstić information content (AvgIpc) is 3.14. The van der Waals surface area contributed by atoms with Gasteiger partial charge in [-0.05, 0) is 94.8 Å². The van der Waals surface area contributed by atoms with E-state index in [2.05, 4.69) is 9.80 Å². The fourth-order valence-corrected chi connectivity index (χ4v) is 10.1. The molecule has 4 heterocycles. The number of aliphatic hydroxyl groups is 4. The molecule has 4 aliphatic rings. The maximum atomic E-state index is 14.4. The maximum Gasteiger partial charge on any atom is 0.311 e.